The topological polar surface area (TPSA) is 25.8 Å². The van der Waals surface area contributed by atoms with Gasteiger partial charge in [0.2, 0.25) is 0 Å². The van der Waals surface area contributed by atoms with Gasteiger partial charge in [0, 0.05) is 28.6 Å². The molecule has 1 heterocycles. The maximum atomic E-state index is 4.72. The van der Waals surface area contributed by atoms with Gasteiger partial charge in [-0.25, -0.2) is 0 Å². The van der Waals surface area contributed by atoms with E-state index in [9.17, 15) is 0 Å². The number of nitrogens with zero attached hydrogens (tertiary/aromatic N) is 2. The van der Waals surface area contributed by atoms with E-state index >= 15 is 0 Å². The summed E-state index contributed by atoms with van der Waals surface area (Å²) in [4.78, 5) is 9.41. The molecule has 5 rings (SSSR count). The first-order valence-corrected chi connectivity index (χ1v) is 9.68. The second-order valence-corrected chi connectivity index (χ2v) is 8.05. The minimum Gasteiger partial charge on any atom is -0.252 e. The van der Waals surface area contributed by atoms with Gasteiger partial charge in [-0.15, -0.1) is 0 Å². The Morgan fingerprint density at radius 3 is 1.89 bits per heavy atom. The third-order valence-corrected chi connectivity index (χ3v) is 5.91. The zero-order chi connectivity index (χ0) is 19.3. The highest BCUT2D eigenvalue weighted by atomic mass is 14.8. The number of aryl methyl sites for hydroxylation is 1. The maximum absolute atomic E-state index is 4.72. The quantitative estimate of drug-likeness (QED) is 0.332. The number of aromatic nitrogens is 2. The van der Waals surface area contributed by atoms with Crippen molar-refractivity contribution in [2.75, 3.05) is 0 Å². The monoisotopic (exact) mass is 362 g/mol. The Morgan fingerprint density at radius 1 is 0.607 bits per heavy atom. The molecule has 136 valence electrons. The predicted molar refractivity (Wildman–Crippen MR) is 118 cm³/mol. The molecule has 2 heteroatoms. The molecule has 0 amide bonds. The molecule has 0 saturated carbocycles. The maximum Gasteiger partial charge on any atom is 0.0971 e. The van der Waals surface area contributed by atoms with Crippen LogP contribution in [0.25, 0.3) is 32.6 Å². The van der Waals surface area contributed by atoms with Crippen molar-refractivity contribution in [3.05, 3.63) is 95.8 Å². The molecule has 0 aliphatic carbocycles. The highest BCUT2D eigenvalue weighted by Crippen LogP contribution is 2.38. The molecular formula is C26H22N2. The lowest BCUT2D eigenvalue weighted by Crippen LogP contribution is -2.18. The van der Waals surface area contributed by atoms with Crippen molar-refractivity contribution in [3.63, 3.8) is 0 Å². The first-order chi connectivity index (χ1) is 13.6. The average Bonchev–Trinajstić information content (AvgIpc) is 2.74. The molecule has 0 bridgehead atoms. The van der Waals surface area contributed by atoms with Crippen molar-refractivity contribution >= 4 is 32.6 Å². The number of fused-ring (bicyclic) bond motifs is 6. The van der Waals surface area contributed by atoms with Crippen LogP contribution < -0.4 is 0 Å². The fourth-order valence-corrected chi connectivity index (χ4v) is 4.21. The van der Waals surface area contributed by atoms with Gasteiger partial charge < -0.3 is 0 Å². The molecule has 0 radical (unpaired) electrons. The number of hydrogen-bond donors (Lipinski definition) is 0. The Labute approximate surface area is 164 Å². The minimum absolute atomic E-state index is 0.0911. The molecule has 2 nitrogen and oxygen atoms in total. The summed E-state index contributed by atoms with van der Waals surface area (Å²) in [7, 11) is 0. The van der Waals surface area contributed by atoms with Crippen molar-refractivity contribution in [1.29, 1.82) is 0 Å². The molecule has 0 aliphatic rings. The first-order valence-electron chi connectivity index (χ1n) is 9.68. The van der Waals surface area contributed by atoms with Gasteiger partial charge in [-0.05, 0) is 41.0 Å². The summed E-state index contributed by atoms with van der Waals surface area (Å²) in [5.74, 6) is 0. The van der Waals surface area contributed by atoms with Gasteiger partial charge in [0.15, 0.2) is 0 Å². The standard InChI is InChI=1S/C26H22N2/c1-17-9-11-20-21-12-10-19(26(2,3)18-7-5-4-6-8-18)16-23(21)25-24(22(20)15-17)27-13-14-28-25/h4-16H,1-3H3. The lowest BCUT2D eigenvalue weighted by atomic mass is 9.77. The van der Waals surface area contributed by atoms with Gasteiger partial charge in [-0.3, -0.25) is 9.97 Å². The van der Waals surface area contributed by atoms with E-state index < -0.39 is 0 Å². The molecule has 0 unspecified atom stereocenters. The molecule has 28 heavy (non-hydrogen) atoms. The largest absolute Gasteiger partial charge is 0.252 e. The van der Waals surface area contributed by atoms with E-state index in [4.69, 9.17) is 4.98 Å². The highest BCUT2D eigenvalue weighted by Gasteiger charge is 2.24. The fourth-order valence-electron chi connectivity index (χ4n) is 4.21. The Kier molecular flexibility index (Phi) is 3.70. The molecular weight excluding hydrogens is 340 g/mol. The smallest absolute Gasteiger partial charge is 0.0971 e. The van der Waals surface area contributed by atoms with Gasteiger partial charge >= 0.3 is 0 Å². The number of benzene rings is 4. The molecule has 0 saturated heterocycles. The van der Waals surface area contributed by atoms with Gasteiger partial charge in [0.1, 0.15) is 0 Å². The molecule has 0 fully saturated rings. The van der Waals surface area contributed by atoms with Gasteiger partial charge in [0.25, 0.3) is 0 Å². The molecule has 1 aromatic heterocycles. The molecule has 0 aliphatic heterocycles. The van der Waals surface area contributed by atoms with E-state index in [0.29, 0.717) is 0 Å². The van der Waals surface area contributed by atoms with Gasteiger partial charge in [-0.1, -0.05) is 74.0 Å². The normalized spacial score (nSPS) is 12.1. The van der Waals surface area contributed by atoms with E-state index in [-0.39, 0.29) is 5.41 Å². The van der Waals surface area contributed by atoms with Crippen LogP contribution in [0, 0.1) is 6.92 Å². The minimum atomic E-state index is -0.0911. The van der Waals surface area contributed by atoms with Crippen molar-refractivity contribution < 1.29 is 0 Å². The van der Waals surface area contributed by atoms with Crippen molar-refractivity contribution in [2.45, 2.75) is 26.2 Å². The lowest BCUT2D eigenvalue weighted by Gasteiger charge is -2.26. The van der Waals surface area contributed by atoms with Gasteiger partial charge in [0.05, 0.1) is 11.0 Å². The van der Waals surface area contributed by atoms with Crippen molar-refractivity contribution in [2.24, 2.45) is 0 Å². The van der Waals surface area contributed by atoms with E-state index in [1.807, 2.05) is 0 Å². The van der Waals surface area contributed by atoms with Crippen LogP contribution in [-0.4, -0.2) is 9.97 Å². The van der Waals surface area contributed by atoms with Crippen LogP contribution >= 0.6 is 0 Å². The second kappa shape index (κ2) is 6.13. The van der Waals surface area contributed by atoms with E-state index in [1.165, 1.54) is 38.2 Å². The number of rotatable bonds is 2. The lowest BCUT2D eigenvalue weighted by molar-refractivity contribution is 0.642. The van der Waals surface area contributed by atoms with Crippen LogP contribution in [0.15, 0.2) is 79.1 Å². The highest BCUT2D eigenvalue weighted by molar-refractivity contribution is 6.23. The summed E-state index contributed by atoms with van der Waals surface area (Å²) in [6, 6.07) is 24.1. The van der Waals surface area contributed by atoms with E-state index in [0.717, 1.165) is 11.0 Å². The van der Waals surface area contributed by atoms with E-state index in [2.05, 4.69) is 92.5 Å². The third kappa shape index (κ3) is 2.49. The predicted octanol–water partition coefficient (Wildman–Crippen LogP) is 6.57. The molecule has 0 atom stereocenters. The van der Waals surface area contributed by atoms with Crippen LogP contribution in [0.4, 0.5) is 0 Å². The second-order valence-electron chi connectivity index (χ2n) is 8.05. The first kappa shape index (κ1) is 16.9. The summed E-state index contributed by atoms with van der Waals surface area (Å²) in [6.45, 7) is 6.68. The van der Waals surface area contributed by atoms with Crippen LogP contribution in [-0.2, 0) is 5.41 Å². The molecule has 4 aromatic carbocycles. The molecule has 5 aromatic rings. The Morgan fingerprint density at radius 2 is 1.21 bits per heavy atom. The third-order valence-electron chi connectivity index (χ3n) is 5.91. The van der Waals surface area contributed by atoms with Crippen molar-refractivity contribution in [3.8, 4) is 0 Å². The van der Waals surface area contributed by atoms with Crippen LogP contribution in [0.5, 0.6) is 0 Å². The zero-order valence-corrected chi connectivity index (χ0v) is 16.4. The summed E-state index contributed by atoms with van der Waals surface area (Å²) in [6.07, 6.45) is 3.58. The van der Waals surface area contributed by atoms with Crippen molar-refractivity contribution in [1.82, 2.24) is 9.97 Å². The fraction of sp³-hybridized carbons (Fsp3) is 0.154. The molecule has 0 N–H and O–H groups in total. The average molecular weight is 362 g/mol. The Balaban J connectivity index is 1.87. The SMILES string of the molecule is Cc1ccc2c3ccc(C(C)(C)c4ccccc4)cc3c3nccnc3c2c1. The Hall–Kier alpha value is -3.26. The van der Waals surface area contributed by atoms with Crippen LogP contribution in [0.3, 0.4) is 0 Å². The summed E-state index contributed by atoms with van der Waals surface area (Å²) in [5, 5.41) is 4.81. The molecule has 0 spiro atoms. The summed E-state index contributed by atoms with van der Waals surface area (Å²) < 4.78 is 0. The number of hydrogen-bond acceptors (Lipinski definition) is 2. The summed E-state index contributed by atoms with van der Waals surface area (Å²) in [5.41, 5.74) is 5.68. The zero-order valence-electron chi connectivity index (χ0n) is 16.4. The van der Waals surface area contributed by atoms with Gasteiger partial charge in [-0.2, -0.15) is 0 Å². The summed E-state index contributed by atoms with van der Waals surface area (Å²) >= 11 is 0. The van der Waals surface area contributed by atoms with Crippen LogP contribution in [0.1, 0.15) is 30.5 Å². The van der Waals surface area contributed by atoms with Crippen LogP contribution in [0.2, 0.25) is 0 Å². The van der Waals surface area contributed by atoms with E-state index in [1.54, 1.807) is 12.4 Å². The Bertz CT molecular complexity index is 1310.